The number of hydrogen-bond donors (Lipinski definition) is 2. The monoisotopic (exact) mass is 396 g/mol. The third-order valence-corrected chi connectivity index (χ3v) is 4.93. The molecule has 0 radical (unpaired) electrons. The van der Waals surface area contributed by atoms with E-state index in [1.807, 2.05) is 31.2 Å². The molecule has 3 aromatic rings. The van der Waals surface area contributed by atoms with Crippen molar-refractivity contribution in [2.75, 3.05) is 12.4 Å². The SMILES string of the molecule is COc1ccc(C(=O)N[C@H](C)C(=O)Nc2nnc(-c3ccc(C)cc3)s2)cc1. The highest BCUT2D eigenvalue weighted by Crippen LogP contribution is 2.26. The standard InChI is InChI=1S/C20H20N4O3S/c1-12-4-6-15(7-5-12)19-23-24-20(28-19)22-17(25)13(2)21-18(26)14-8-10-16(27-3)11-9-14/h4-11,13H,1-3H3,(H,21,26)(H,22,24,25)/t13-/m1/s1. The van der Waals surface area contributed by atoms with Gasteiger partial charge in [-0.25, -0.2) is 0 Å². The van der Waals surface area contributed by atoms with Crippen molar-refractivity contribution in [3.63, 3.8) is 0 Å². The van der Waals surface area contributed by atoms with Gasteiger partial charge in [0, 0.05) is 11.1 Å². The van der Waals surface area contributed by atoms with Crippen molar-refractivity contribution in [3.05, 3.63) is 59.7 Å². The predicted molar refractivity (Wildman–Crippen MR) is 109 cm³/mol. The van der Waals surface area contributed by atoms with Crippen LogP contribution in [0.3, 0.4) is 0 Å². The molecule has 1 aromatic heterocycles. The van der Waals surface area contributed by atoms with Gasteiger partial charge in [-0.05, 0) is 38.1 Å². The van der Waals surface area contributed by atoms with Crippen molar-refractivity contribution < 1.29 is 14.3 Å². The van der Waals surface area contributed by atoms with E-state index in [4.69, 9.17) is 4.74 Å². The highest BCUT2D eigenvalue weighted by Gasteiger charge is 2.18. The van der Waals surface area contributed by atoms with E-state index in [1.54, 1.807) is 38.3 Å². The number of aromatic nitrogens is 2. The minimum Gasteiger partial charge on any atom is -0.497 e. The Bertz CT molecular complexity index is 968. The van der Waals surface area contributed by atoms with E-state index in [0.29, 0.717) is 21.5 Å². The molecule has 2 amide bonds. The average Bonchev–Trinajstić information content (AvgIpc) is 3.16. The van der Waals surface area contributed by atoms with Crippen LogP contribution in [0.15, 0.2) is 48.5 Å². The fraction of sp³-hybridized carbons (Fsp3) is 0.200. The van der Waals surface area contributed by atoms with Crippen LogP contribution in [-0.4, -0.2) is 35.2 Å². The van der Waals surface area contributed by atoms with Crippen LogP contribution in [0.5, 0.6) is 5.75 Å². The number of aryl methyl sites for hydroxylation is 1. The fourth-order valence-corrected chi connectivity index (χ4v) is 3.14. The smallest absolute Gasteiger partial charge is 0.251 e. The van der Waals surface area contributed by atoms with E-state index in [0.717, 1.165) is 11.1 Å². The molecule has 0 fully saturated rings. The van der Waals surface area contributed by atoms with Crippen molar-refractivity contribution in [3.8, 4) is 16.3 Å². The van der Waals surface area contributed by atoms with E-state index >= 15 is 0 Å². The Morgan fingerprint density at radius 2 is 1.71 bits per heavy atom. The molecule has 0 bridgehead atoms. The fourth-order valence-electron chi connectivity index (χ4n) is 2.39. The second-order valence-corrected chi connectivity index (χ2v) is 7.17. The molecule has 28 heavy (non-hydrogen) atoms. The highest BCUT2D eigenvalue weighted by atomic mass is 32.1. The topological polar surface area (TPSA) is 93.2 Å². The Balaban J connectivity index is 1.59. The van der Waals surface area contributed by atoms with Crippen molar-refractivity contribution >= 4 is 28.3 Å². The van der Waals surface area contributed by atoms with Crippen molar-refractivity contribution in [1.82, 2.24) is 15.5 Å². The molecular weight excluding hydrogens is 376 g/mol. The summed E-state index contributed by atoms with van der Waals surface area (Å²) in [6, 6.07) is 13.8. The van der Waals surface area contributed by atoms with Crippen LogP contribution in [-0.2, 0) is 4.79 Å². The number of methoxy groups -OCH3 is 1. The molecule has 2 aromatic carbocycles. The Morgan fingerprint density at radius 3 is 2.36 bits per heavy atom. The van der Waals surface area contributed by atoms with Gasteiger partial charge in [0.1, 0.15) is 16.8 Å². The summed E-state index contributed by atoms with van der Waals surface area (Å²) in [6.45, 7) is 3.62. The average molecular weight is 396 g/mol. The minimum absolute atomic E-state index is 0.345. The number of anilines is 1. The summed E-state index contributed by atoms with van der Waals surface area (Å²) in [7, 11) is 1.55. The molecule has 0 aliphatic carbocycles. The molecule has 0 unspecified atom stereocenters. The number of rotatable bonds is 6. The van der Waals surface area contributed by atoms with E-state index in [1.165, 1.54) is 11.3 Å². The van der Waals surface area contributed by atoms with Crippen LogP contribution in [0.2, 0.25) is 0 Å². The van der Waals surface area contributed by atoms with E-state index in [9.17, 15) is 9.59 Å². The largest absolute Gasteiger partial charge is 0.497 e. The number of carbonyl (C=O) groups is 2. The first-order valence-electron chi connectivity index (χ1n) is 8.62. The number of nitrogens with zero attached hydrogens (tertiary/aromatic N) is 2. The Morgan fingerprint density at radius 1 is 1.04 bits per heavy atom. The zero-order chi connectivity index (χ0) is 20.1. The van der Waals surface area contributed by atoms with Gasteiger partial charge < -0.3 is 10.1 Å². The van der Waals surface area contributed by atoms with Gasteiger partial charge in [-0.3, -0.25) is 14.9 Å². The van der Waals surface area contributed by atoms with Gasteiger partial charge in [0.25, 0.3) is 5.91 Å². The molecular formula is C20H20N4O3S. The zero-order valence-electron chi connectivity index (χ0n) is 15.7. The lowest BCUT2D eigenvalue weighted by atomic mass is 10.2. The first-order chi connectivity index (χ1) is 13.5. The van der Waals surface area contributed by atoms with Gasteiger partial charge in [0.2, 0.25) is 11.0 Å². The Kier molecular flexibility index (Phi) is 6.00. The molecule has 3 rings (SSSR count). The third-order valence-electron chi connectivity index (χ3n) is 4.05. The number of hydrogen-bond acceptors (Lipinski definition) is 6. The maximum Gasteiger partial charge on any atom is 0.251 e. The molecule has 1 heterocycles. The van der Waals surface area contributed by atoms with Gasteiger partial charge in [0.15, 0.2) is 0 Å². The van der Waals surface area contributed by atoms with Crippen molar-refractivity contribution in [2.24, 2.45) is 0 Å². The van der Waals surface area contributed by atoms with Crippen LogP contribution >= 0.6 is 11.3 Å². The van der Waals surface area contributed by atoms with Gasteiger partial charge in [-0.2, -0.15) is 0 Å². The molecule has 144 valence electrons. The van der Waals surface area contributed by atoms with E-state index in [2.05, 4.69) is 20.8 Å². The zero-order valence-corrected chi connectivity index (χ0v) is 16.5. The molecule has 1 atom stereocenters. The maximum absolute atomic E-state index is 12.4. The van der Waals surface area contributed by atoms with Crippen LogP contribution in [0.4, 0.5) is 5.13 Å². The Hall–Kier alpha value is -3.26. The van der Waals surface area contributed by atoms with Crippen molar-refractivity contribution in [1.29, 1.82) is 0 Å². The van der Waals surface area contributed by atoms with Crippen LogP contribution in [0.25, 0.3) is 10.6 Å². The van der Waals surface area contributed by atoms with Crippen LogP contribution in [0, 0.1) is 6.92 Å². The second-order valence-electron chi connectivity index (χ2n) is 6.19. The first-order valence-corrected chi connectivity index (χ1v) is 9.44. The lowest BCUT2D eigenvalue weighted by molar-refractivity contribution is -0.117. The summed E-state index contributed by atoms with van der Waals surface area (Å²) in [5.74, 6) is -0.0561. The summed E-state index contributed by atoms with van der Waals surface area (Å²) in [5.41, 5.74) is 2.53. The molecule has 2 N–H and O–H groups in total. The highest BCUT2D eigenvalue weighted by molar-refractivity contribution is 7.18. The van der Waals surface area contributed by atoms with E-state index in [-0.39, 0.29) is 11.8 Å². The quantitative estimate of drug-likeness (QED) is 0.667. The minimum atomic E-state index is -0.735. The summed E-state index contributed by atoms with van der Waals surface area (Å²) in [4.78, 5) is 24.6. The molecule has 0 aliphatic rings. The summed E-state index contributed by atoms with van der Waals surface area (Å²) < 4.78 is 5.07. The van der Waals surface area contributed by atoms with Gasteiger partial charge in [-0.15, -0.1) is 10.2 Å². The second kappa shape index (κ2) is 8.62. The molecule has 0 spiro atoms. The number of nitrogens with one attached hydrogen (secondary N) is 2. The lowest BCUT2D eigenvalue weighted by Gasteiger charge is -2.13. The lowest BCUT2D eigenvalue weighted by Crippen LogP contribution is -2.41. The number of ether oxygens (including phenoxy) is 1. The first kappa shape index (κ1) is 19.5. The van der Waals surface area contributed by atoms with Crippen LogP contribution < -0.4 is 15.4 Å². The number of carbonyl (C=O) groups excluding carboxylic acids is 2. The summed E-state index contributed by atoms with van der Waals surface area (Å²) in [6.07, 6.45) is 0. The molecule has 0 aliphatic heterocycles. The van der Waals surface area contributed by atoms with Gasteiger partial charge >= 0.3 is 0 Å². The maximum atomic E-state index is 12.4. The number of amides is 2. The van der Waals surface area contributed by atoms with Gasteiger partial charge in [0.05, 0.1) is 7.11 Å². The van der Waals surface area contributed by atoms with E-state index < -0.39 is 6.04 Å². The summed E-state index contributed by atoms with van der Waals surface area (Å²) >= 11 is 1.28. The normalized spacial score (nSPS) is 11.5. The number of benzene rings is 2. The molecule has 7 nitrogen and oxygen atoms in total. The molecule has 0 saturated heterocycles. The van der Waals surface area contributed by atoms with Gasteiger partial charge in [-0.1, -0.05) is 41.2 Å². The van der Waals surface area contributed by atoms with Crippen LogP contribution in [0.1, 0.15) is 22.8 Å². The molecule has 0 saturated carbocycles. The Labute approximate surface area is 166 Å². The summed E-state index contributed by atoms with van der Waals surface area (Å²) in [5, 5.41) is 14.6. The molecule has 8 heteroatoms. The third kappa shape index (κ3) is 4.72. The van der Waals surface area contributed by atoms with Crippen molar-refractivity contribution in [2.45, 2.75) is 19.9 Å². The predicted octanol–water partition coefficient (Wildman–Crippen LogP) is 3.28.